The van der Waals surface area contributed by atoms with E-state index in [1.165, 1.54) is 0 Å². The molecule has 4 aromatic rings. The zero-order valence-corrected chi connectivity index (χ0v) is 20.0. The Labute approximate surface area is 206 Å². The standard InChI is InChI=1S/C25H20Cl3N3O2/c1-16-11-20(26)7-8-23(16)33-15-17-3-2-4-18(12-17)25(32)29-24-9-10-31(30-24)14-19-5-6-21(27)13-22(19)28/h2-13H,14-15H2,1H3,(H,29,30,32). The Bertz CT molecular complexity index is 1300. The van der Waals surface area contributed by atoms with Crippen molar-refractivity contribution < 1.29 is 9.53 Å². The Hall–Kier alpha value is -2.99. The van der Waals surface area contributed by atoms with Crippen molar-refractivity contribution in [1.82, 2.24) is 9.78 Å². The smallest absolute Gasteiger partial charge is 0.256 e. The third kappa shape index (κ3) is 6.08. The molecule has 1 aromatic heterocycles. The highest BCUT2D eigenvalue weighted by Crippen LogP contribution is 2.24. The number of halogens is 3. The van der Waals surface area contributed by atoms with Gasteiger partial charge in [0.2, 0.25) is 0 Å². The van der Waals surface area contributed by atoms with E-state index in [0.717, 1.165) is 22.4 Å². The topological polar surface area (TPSA) is 56.1 Å². The maximum absolute atomic E-state index is 12.7. The van der Waals surface area contributed by atoms with Gasteiger partial charge in [-0.25, -0.2) is 0 Å². The van der Waals surface area contributed by atoms with E-state index in [4.69, 9.17) is 39.5 Å². The van der Waals surface area contributed by atoms with E-state index >= 15 is 0 Å². The van der Waals surface area contributed by atoms with Crippen LogP contribution in [0.3, 0.4) is 0 Å². The average molecular weight is 501 g/mol. The fraction of sp³-hybridized carbons (Fsp3) is 0.120. The molecule has 1 N–H and O–H groups in total. The number of anilines is 1. The highest BCUT2D eigenvalue weighted by atomic mass is 35.5. The molecular weight excluding hydrogens is 481 g/mol. The Morgan fingerprint density at radius 2 is 1.79 bits per heavy atom. The average Bonchev–Trinajstić information content (AvgIpc) is 3.22. The van der Waals surface area contributed by atoms with Crippen molar-refractivity contribution in [2.45, 2.75) is 20.1 Å². The predicted molar refractivity (Wildman–Crippen MR) is 133 cm³/mol. The molecule has 0 bridgehead atoms. The van der Waals surface area contributed by atoms with Crippen LogP contribution < -0.4 is 10.1 Å². The van der Waals surface area contributed by atoms with Crippen LogP contribution in [-0.4, -0.2) is 15.7 Å². The zero-order valence-electron chi connectivity index (χ0n) is 17.7. The van der Waals surface area contributed by atoms with E-state index in [2.05, 4.69) is 10.4 Å². The number of nitrogens with one attached hydrogen (secondary N) is 1. The number of carbonyl (C=O) groups excluding carboxylic acids is 1. The number of nitrogens with zero attached hydrogens (tertiary/aromatic N) is 2. The monoisotopic (exact) mass is 499 g/mol. The number of hydrogen-bond donors (Lipinski definition) is 1. The number of aromatic nitrogens is 2. The van der Waals surface area contributed by atoms with Crippen molar-refractivity contribution in [3.8, 4) is 5.75 Å². The molecule has 0 saturated heterocycles. The summed E-state index contributed by atoms with van der Waals surface area (Å²) >= 11 is 18.2. The number of aryl methyl sites for hydroxylation is 1. The number of carbonyl (C=O) groups is 1. The number of benzene rings is 3. The Balaban J connectivity index is 1.38. The fourth-order valence-corrected chi connectivity index (χ4v) is 3.96. The van der Waals surface area contributed by atoms with E-state index in [0.29, 0.717) is 39.6 Å². The van der Waals surface area contributed by atoms with Crippen LogP contribution in [0.5, 0.6) is 5.75 Å². The lowest BCUT2D eigenvalue weighted by atomic mass is 10.1. The predicted octanol–water partition coefficient (Wildman–Crippen LogP) is 7.03. The molecule has 0 saturated carbocycles. The van der Waals surface area contributed by atoms with Gasteiger partial charge in [-0.15, -0.1) is 0 Å². The van der Waals surface area contributed by atoms with Crippen LogP contribution in [0, 0.1) is 6.92 Å². The molecule has 0 spiro atoms. The quantitative estimate of drug-likeness (QED) is 0.296. The molecule has 8 heteroatoms. The number of hydrogen-bond acceptors (Lipinski definition) is 3. The van der Waals surface area contributed by atoms with Gasteiger partial charge < -0.3 is 10.1 Å². The van der Waals surface area contributed by atoms with Gasteiger partial charge in [-0.05, 0) is 66.1 Å². The second kappa shape index (κ2) is 10.3. The first-order valence-electron chi connectivity index (χ1n) is 10.1. The van der Waals surface area contributed by atoms with Crippen LogP contribution in [0.25, 0.3) is 0 Å². The van der Waals surface area contributed by atoms with E-state index in [-0.39, 0.29) is 5.91 Å². The molecule has 168 valence electrons. The third-order valence-electron chi connectivity index (χ3n) is 4.95. The van der Waals surface area contributed by atoms with E-state index in [1.54, 1.807) is 47.3 Å². The summed E-state index contributed by atoms with van der Waals surface area (Å²) in [5, 5.41) is 9.04. The van der Waals surface area contributed by atoms with E-state index in [1.807, 2.05) is 37.3 Å². The van der Waals surface area contributed by atoms with Crippen LogP contribution in [-0.2, 0) is 13.2 Å². The van der Waals surface area contributed by atoms with Gasteiger partial charge in [-0.1, -0.05) is 53.0 Å². The van der Waals surface area contributed by atoms with Crippen molar-refractivity contribution in [3.63, 3.8) is 0 Å². The van der Waals surface area contributed by atoms with Crippen molar-refractivity contribution in [3.05, 3.63) is 110 Å². The summed E-state index contributed by atoms with van der Waals surface area (Å²) in [7, 11) is 0. The van der Waals surface area contributed by atoms with Crippen LogP contribution in [0.1, 0.15) is 27.0 Å². The second-order valence-corrected chi connectivity index (χ2v) is 8.77. The summed E-state index contributed by atoms with van der Waals surface area (Å²) in [6.07, 6.45) is 1.78. The van der Waals surface area contributed by atoms with Crippen molar-refractivity contribution >= 4 is 46.5 Å². The van der Waals surface area contributed by atoms with Gasteiger partial charge in [0.1, 0.15) is 12.4 Å². The van der Waals surface area contributed by atoms with Gasteiger partial charge in [-0.3, -0.25) is 9.48 Å². The first-order chi connectivity index (χ1) is 15.9. The number of ether oxygens (including phenoxy) is 1. The molecule has 1 amide bonds. The fourth-order valence-electron chi connectivity index (χ4n) is 3.27. The molecule has 0 aliphatic heterocycles. The SMILES string of the molecule is Cc1cc(Cl)ccc1OCc1cccc(C(=O)Nc2ccn(Cc3ccc(Cl)cc3Cl)n2)c1. The van der Waals surface area contributed by atoms with Crippen molar-refractivity contribution in [2.75, 3.05) is 5.32 Å². The second-order valence-electron chi connectivity index (χ2n) is 7.49. The molecule has 5 nitrogen and oxygen atoms in total. The maximum Gasteiger partial charge on any atom is 0.256 e. The molecule has 3 aromatic carbocycles. The van der Waals surface area contributed by atoms with Crippen LogP contribution in [0.4, 0.5) is 5.82 Å². The zero-order chi connectivity index (χ0) is 23.4. The Morgan fingerprint density at radius 1 is 1.00 bits per heavy atom. The van der Waals surface area contributed by atoms with Crippen LogP contribution >= 0.6 is 34.8 Å². The minimum atomic E-state index is -0.255. The lowest BCUT2D eigenvalue weighted by Gasteiger charge is -2.10. The summed E-state index contributed by atoms with van der Waals surface area (Å²) < 4.78 is 7.58. The largest absolute Gasteiger partial charge is 0.489 e. The molecular formula is C25H20Cl3N3O2. The van der Waals surface area contributed by atoms with Crippen molar-refractivity contribution in [1.29, 1.82) is 0 Å². The molecule has 1 heterocycles. The molecule has 0 fully saturated rings. The minimum absolute atomic E-state index is 0.255. The van der Waals surface area contributed by atoms with Crippen LogP contribution in [0.2, 0.25) is 15.1 Å². The highest BCUT2D eigenvalue weighted by Gasteiger charge is 2.10. The molecule has 0 unspecified atom stereocenters. The maximum atomic E-state index is 12.7. The van der Waals surface area contributed by atoms with Gasteiger partial charge in [0, 0.05) is 32.9 Å². The number of rotatable bonds is 7. The first-order valence-corrected chi connectivity index (χ1v) is 11.3. The van der Waals surface area contributed by atoms with Gasteiger partial charge >= 0.3 is 0 Å². The van der Waals surface area contributed by atoms with E-state index < -0.39 is 0 Å². The highest BCUT2D eigenvalue weighted by molar-refractivity contribution is 6.35. The Kier molecular flexibility index (Phi) is 7.23. The third-order valence-corrected chi connectivity index (χ3v) is 5.77. The van der Waals surface area contributed by atoms with Gasteiger partial charge in [0.15, 0.2) is 5.82 Å². The summed E-state index contributed by atoms with van der Waals surface area (Å²) in [4.78, 5) is 12.7. The molecule has 0 radical (unpaired) electrons. The summed E-state index contributed by atoms with van der Waals surface area (Å²) in [6.45, 7) is 2.73. The number of amides is 1. The van der Waals surface area contributed by atoms with Gasteiger partial charge in [0.25, 0.3) is 5.91 Å². The van der Waals surface area contributed by atoms with Crippen molar-refractivity contribution in [2.24, 2.45) is 0 Å². The first kappa shape index (κ1) is 23.2. The van der Waals surface area contributed by atoms with E-state index in [9.17, 15) is 4.79 Å². The Morgan fingerprint density at radius 3 is 2.58 bits per heavy atom. The van der Waals surface area contributed by atoms with Gasteiger partial charge in [-0.2, -0.15) is 5.10 Å². The van der Waals surface area contributed by atoms with Crippen LogP contribution in [0.15, 0.2) is 72.9 Å². The summed E-state index contributed by atoms with van der Waals surface area (Å²) in [5.41, 5.74) is 3.22. The molecule has 4 rings (SSSR count). The summed E-state index contributed by atoms with van der Waals surface area (Å²) in [5.74, 6) is 0.943. The minimum Gasteiger partial charge on any atom is -0.489 e. The molecule has 0 aliphatic rings. The normalized spacial score (nSPS) is 10.8. The lowest BCUT2D eigenvalue weighted by molar-refractivity contribution is 0.102. The van der Waals surface area contributed by atoms with Gasteiger partial charge in [0.05, 0.1) is 6.54 Å². The molecule has 0 aliphatic carbocycles. The lowest BCUT2D eigenvalue weighted by Crippen LogP contribution is -2.13. The molecule has 0 atom stereocenters. The summed E-state index contributed by atoms with van der Waals surface area (Å²) in [6, 6.07) is 19.8. The molecule has 33 heavy (non-hydrogen) atoms.